The summed E-state index contributed by atoms with van der Waals surface area (Å²) in [6.45, 7) is 8.57. The molecular weight excluding hydrogens is 304 g/mol. The van der Waals surface area contributed by atoms with Crippen molar-refractivity contribution in [3.8, 4) is 5.69 Å². The maximum absolute atomic E-state index is 12.3. The predicted molar refractivity (Wildman–Crippen MR) is 93.3 cm³/mol. The normalized spacial score (nSPS) is 11.5. The van der Waals surface area contributed by atoms with Gasteiger partial charge in [-0.3, -0.25) is 4.79 Å². The molecule has 1 aromatic carbocycles. The van der Waals surface area contributed by atoms with Crippen LogP contribution < -0.4 is 5.32 Å². The van der Waals surface area contributed by atoms with Gasteiger partial charge < -0.3 is 10.4 Å². The summed E-state index contributed by atoms with van der Waals surface area (Å²) in [6.07, 6.45) is 1.66. The molecule has 130 valence electrons. The van der Waals surface area contributed by atoms with Crippen molar-refractivity contribution < 1.29 is 9.90 Å². The lowest BCUT2D eigenvalue weighted by Crippen LogP contribution is -2.27. The molecule has 2 rings (SSSR count). The van der Waals surface area contributed by atoms with Gasteiger partial charge in [-0.25, -0.2) is 4.68 Å². The van der Waals surface area contributed by atoms with Gasteiger partial charge in [-0.2, -0.15) is 0 Å². The minimum Gasteiger partial charge on any atom is -0.396 e. The second-order valence-electron chi connectivity index (χ2n) is 6.95. The number of rotatable bonds is 7. The first-order chi connectivity index (χ1) is 11.3. The van der Waals surface area contributed by atoms with Crippen LogP contribution in [0.15, 0.2) is 24.3 Å². The third-order valence-corrected chi connectivity index (χ3v) is 4.13. The molecule has 0 bridgehead atoms. The monoisotopic (exact) mass is 330 g/mol. The Morgan fingerprint density at radius 3 is 2.54 bits per heavy atom. The molecule has 1 aromatic heterocycles. The first-order valence-corrected chi connectivity index (χ1v) is 8.22. The third-order valence-electron chi connectivity index (χ3n) is 4.13. The number of amides is 1. The third kappa shape index (κ3) is 4.41. The Labute approximate surface area is 142 Å². The number of benzene rings is 1. The van der Waals surface area contributed by atoms with Gasteiger partial charge in [-0.15, -0.1) is 5.10 Å². The molecule has 0 aliphatic carbocycles. The highest BCUT2D eigenvalue weighted by atomic mass is 16.3. The van der Waals surface area contributed by atoms with Crippen LogP contribution in [0.25, 0.3) is 5.69 Å². The Hall–Kier alpha value is -2.21. The minimum atomic E-state index is -0.215. The molecule has 0 spiro atoms. The Bertz CT molecular complexity index is 690. The molecule has 0 saturated carbocycles. The quantitative estimate of drug-likeness (QED) is 0.764. The van der Waals surface area contributed by atoms with E-state index in [0.29, 0.717) is 17.9 Å². The van der Waals surface area contributed by atoms with Crippen molar-refractivity contribution in [1.29, 1.82) is 0 Å². The van der Waals surface area contributed by atoms with E-state index >= 15 is 0 Å². The van der Waals surface area contributed by atoms with Gasteiger partial charge in [0.25, 0.3) is 5.91 Å². The van der Waals surface area contributed by atoms with Crippen LogP contribution in [0.1, 0.15) is 48.4 Å². The van der Waals surface area contributed by atoms with E-state index in [1.54, 1.807) is 4.68 Å². The second-order valence-corrected chi connectivity index (χ2v) is 6.95. The summed E-state index contributed by atoms with van der Waals surface area (Å²) in [5.74, 6) is -0.215. The number of aliphatic hydroxyl groups is 1. The van der Waals surface area contributed by atoms with Crippen LogP contribution in [0.4, 0.5) is 0 Å². The molecule has 2 N–H and O–H groups in total. The predicted octanol–water partition coefficient (Wildman–Crippen LogP) is 2.41. The zero-order valence-electron chi connectivity index (χ0n) is 14.8. The van der Waals surface area contributed by atoms with Gasteiger partial charge in [-0.05, 0) is 44.2 Å². The van der Waals surface area contributed by atoms with E-state index in [0.717, 1.165) is 18.5 Å². The summed E-state index contributed by atoms with van der Waals surface area (Å²) in [6, 6.07) is 7.91. The van der Waals surface area contributed by atoms with E-state index in [4.69, 9.17) is 0 Å². The van der Waals surface area contributed by atoms with Gasteiger partial charge in [0.15, 0.2) is 5.69 Å². The number of aliphatic hydroxyl groups excluding tert-OH is 1. The molecule has 1 amide bonds. The lowest BCUT2D eigenvalue weighted by Gasteiger charge is -2.21. The maximum Gasteiger partial charge on any atom is 0.273 e. The van der Waals surface area contributed by atoms with Crippen molar-refractivity contribution in [2.24, 2.45) is 5.41 Å². The highest BCUT2D eigenvalue weighted by Crippen LogP contribution is 2.20. The molecular formula is C18H26N4O2. The molecule has 0 aliphatic heterocycles. The molecule has 0 radical (unpaired) electrons. The van der Waals surface area contributed by atoms with Crippen LogP contribution in [-0.2, 0) is 0 Å². The van der Waals surface area contributed by atoms with Crippen LogP contribution in [0.5, 0.6) is 0 Å². The summed E-state index contributed by atoms with van der Waals surface area (Å²) in [5.41, 5.74) is 2.99. The zero-order chi connectivity index (χ0) is 17.7. The SMILES string of the molecule is Cc1ccc(-n2nnc(C(=O)NCCCC(C)(C)CO)c2C)cc1. The zero-order valence-corrected chi connectivity index (χ0v) is 14.8. The number of aryl methyl sites for hydroxylation is 1. The maximum atomic E-state index is 12.3. The van der Waals surface area contributed by atoms with Crippen molar-refractivity contribution >= 4 is 5.91 Å². The minimum absolute atomic E-state index is 0.116. The van der Waals surface area contributed by atoms with E-state index in [9.17, 15) is 9.90 Å². The first kappa shape index (κ1) is 18.1. The fraction of sp³-hybridized carbons (Fsp3) is 0.500. The molecule has 24 heavy (non-hydrogen) atoms. The summed E-state index contributed by atoms with van der Waals surface area (Å²) in [5, 5.41) is 20.2. The van der Waals surface area contributed by atoms with Crippen LogP contribution in [-0.4, -0.2) is 39.2 Å². The largest absolute Gasteiger partial charge is 0.396 e. The molecule has 0 aliphatic rings. The highest BCUT2D eigenvalue weighted by Gasteiger charge is 2.18. The lowest BCUT2D eigenvalue weighted by atomic mass is 9.89. The van der Waals surface area contributed by atoms with Gasteiger partial charge in [0.1, 0.15) is 0 Å². The molecule has 0 unspecified atom stereocenters. The summed E-state index contributed by atoms with van der Waals surface area (Å²) < 4.78 is 1.67. The number of carbonyl (C=O) groups is 1. The van der Waals surface area contributed by atoms with Gasteiger partial charge in [0.05, 0.1) is 11.4 Å². The Balaban J connectivity index is 1.97. The Kier molecular flexibility index (Phi) is 5.72. The topological polar surface area (TPSA) is 80.0 Å². The number of nitrogens with zero attached hydrogens (tertiary/aromatic N) is 3. The van der Waals surface area contributed by atoms with Crippen molar-refractivity contribution in [3.63, 3.8) is 0 Å². The number of nitrogens with one attached hydrogen (secondary N) is 1. The fourth-order valence-corrected chi connectivity index (χ4v) is 2.40. The van der Waals surface area contributed by atoms with E-state index in [-0.39, 0.29) is 17.9 Å². The van der Waals surface area contributed by atoms with E-state index < -0.39 is 0 Å². The van der Waals surface area contributed by atoms with Crippen molar-refractivity contribution in [1.82, 2.24) is 20.3 Å². The summed E-state index contributed by atoms with van der Waals surface area (Å²) in [4.78, 5) is 12.3. The molecule has 6 heteroatoms. The number of aromatic nitrogens is 3. The average molecular weight is 330 g/mol. The highest BCUT2D eigenvalue weighted by molar-refractivity contribution is 5.93. The standard InChI is InChI=1S/C18H26N4O2/c1-13-6-8-15(9-7-13)22-14(2)16(20-21-22)17(24)19-11-5-10-18(3,4)12-23/h6-9,23H,5,10-12H2,1-4H3,(H,19,24). The van der Waals surface area contributed by atoms with Gasteiger partial charge in [0, 0.05) is 13.2 Å². The summed E-state index contributed by atoms with van der Waals surface area (Å²) >= 11 is 0. The number of hydrogen-bond acceptors (Lipinski definition) is 4. The van der Waals surface area contributed by atoms with Gasteiger partial charge in [-0.1, -0.05) is 36.8 Å². The first-order valence-electron chi connectivity index (χ1n) is 8.22. The van der Waals surface area contributed by atoms with E-state index in [1.807, 2.05) is 52.0 Å². The molecule has 6 nitrogen and oxygen atoms in total. The van der Waals surface area contributed by atoms with Crippen molar-refractivity contribution in [3.05, 3.63) is 41.2 Å². The van der Waals surface area contributed by atoms with Crippen LogP contribution >= 0.6 is 0 Å². The molecule has 0 fully saturated rings. The van der Waals surface area contributed by atoms with Crippen LogP contribution in [0, 0.1) is 19.3 Å². The van der Waals surface area contributed by atoms with Crippen molar-refractivity contribution in [2.75, 3.05) is 13.2 Å². The molecule has 1 heterocycles. The van der Waals surface area contributed by atoms with Crippen LogP contribution in [0.3, 0.4) is 0 Å². The molecule has 0 atom stereocenters. The molecule has 0 saturated heterocycles. The average Bonchev–Trinajstić information content (AvgIpc) is 2.94. The second kappa shape index (κ2) is 7.57. The summed E-state index contributed by atoms with van der Waals surface area (Å²) in [7, 11) is 0. The number of carbonyl (C=O) groups excluding carboxylic acids is 1. The lowest BCUT2D eigenvalue weighted by molar-refractivity contribution is 0.0943. The Morgan fingerprint density at radius 1 is 1.25 bits per heavy atom. The van der Waals surface area contributed by atoms with Crippen LogP contribution in [0.2, 0.25) is 0 Å². The number of hydrogen-bond donors (Lipinski definition) is 2. The molecule has 2 aromatic rings. The fourth-order valence-electron chi connectivity index (χ4n) is 2.40. The van der Waals surface area contributed by atoms with E-state index in [2.05, 4.69) is 15.6 Å². The van der Waals surface area contributed by atoms with Gasteiger partial charge >= 0.3 is 0 Å². The Morgan fingerprint density at radius 2 is 1.92 bits per heavy atom. The smallest absolute Gasteiger partial charge is 0.273 e. The van der Waals surface area contributed by atoms with Gasteiger partial charge in [0.2, 0.25) is 0 Å². The van der Waals surface area contributed by atoms with Crippen molar-refractivity contribution in [2.45, 2.75) is 40.5 Å². The van der Waals surface area contributed by atoms with E-state index in [1.165, 1.54) is 5.56 Å².